The number of carbonyl (C=O) groups excluding carboxylic acids is 1. The molecule has 2 saturated heterocycles. The molecular formula is C16H30N2O2. The zero-order chi connectivity index (χ0) is 14.5. The molecule has 2 heterocycles. The first-order valence-electron chi connectivity index (χ1n) is 8.21. The fourth-order valence-corrected chi connectivity index (χ4v) is 3.50. The lowest BCUT2D eigenvalue weighted by atomic mass is 9.89. The molecule has 2 aliphatic heterocycles. The summed E-state index contributed by atoms with van der Waals surface area (Å²) in [6.07, 6.45) is 5.34. The molecule has 2 rings (SSSR count). The molecule has 2 unspecified atom stereocenters. The summed E-state index contributed by atoms with van der Waals surface area (Å²) in [7, 11) is 0. The molecule has 2 fully saturated rings. The van der Waals surface area contributed by atoms with Crippen LogP contribution in [0.1, 0.15) is 46.0 Å². The van der Waals surface area contributed by atoms with Gasteiger partial charge in [-0.1, -0.05) is 13.8 Å². The Bertz CT molecular complexity index is 314. The lowest BCUT2D eigenvalue weighted by Crippen LogP contribution is -2.49. The molecule has 1 amide bonds. The number of hydrogen-bond donors (Lipinski definition) is 1. The topological polar surface area (TPSA) is 55.6 Å². The number of amides is 1. The average Bonchev–Trinajstić information content (AvgIpc) is 2.72. The highest BCUT2D eigenvalue weighted by atomic mass is 16.5. The van der Waals surface area contributed by atoms with Crippen molar-refractivity contribution >= 4 is 5.91 Å². The van der Waals surface area contributed by atoms with Crippen LogP contribution < -0.4 is 5.73 Å². The molecule has 0 radical (unpaired) electrons. The standard InChI is InChI=1S/C16H30N2O2/c1-12(2)13-4-3-8-18(9-5-13)16(19)15(17)14-6-10-20-11-7-14/h12-15H,3-11,17H2,1-2H3. The van der Waals surface area contributed by atoms with Crippen molar-refractivity contribution in [1.82, 2.24) is 4.90 Å². The van der Waals surface area contributed by atoms with Crippen LogP contribution in [-0.2, 0) is 9.53 Å². The van der Waals surface area contributed by atoms with Crippen molar-refractivity contribution in [2.24, 2.45) is 23.5 Å². The van der Waals surface area contributed by atoms with Gasteiger partial charge < -0.3 is 15.4 Å². The van der Waals surface area contributed by atoms with Gasteiger partial charge in [0.05, 0.1) is 6.04 Å². The molecule has 0 aliphatic carbocycles. The van der Waals surface area contributed by atoms with Crippen LogP contribution in [0.15, 0.2) is 0 Å². The Morgan fingerprint density at radius 3 is 2.45 bits per heavy atom. The molecule has 116 valence electrons. The fourth-order valence-electron chi connectivity index (χ4n) is 3.50. The Morgan fingerprint density at radius 1 is 1.10 bits per heavy atom. The summed E-state index contributed by atoms with van der Waals surface area (Å²) < 4.78 is 5.36. The second-order valence-corrected chi connectivity index (χ2v) is 6.74. The van der Waals surface area contributed by atoms with Crippen molar-refractivity contribution < 1.29 is 9.53 Å². The smallest absolute Gasteiger partial charge is 0.239 e. The SMILES string of the molecule is CC(C)C1CCCN(C(=O)C(N)C2CCOCC2)CC1. The van der Waals surface area contributed by atoms with Gasteiger partial charge in [0, 0.05) is 26.3 Å². The van der Waals surface area contributed by atoms with E-state index < -0.39 is 0 Å². The van der Waals surface area contributed by atoms with Gasteiger partial charge >= 0.3 is 0 Å². The van der Waals surface area contributed by atoms with Crippen LogP contribution >= 0.6 is 0 Å². The molecular weight excluding hydrogens is 252 g/mol. The van der Waals surface area contributed by atoms with Crippen molar-refractivity contribution in [3.8, 4) is 0 Å². The third-order valence-electron chi connectivity index (χ3n) is 5.09. The van der Waals surface area contributed by atoms with E-state index in [0.717, 1.165) is 57.9 Å². The first kappa shape index (κ1) is 15.8. The minimum absolute atomic E-state index is 0.168. The van der Waals surface area contributed by atoms with E-state index in [-0.39, 0.29) is 11.9 Å². The van der Waals surface area contributed by atoms with Crippen LogP contribution in [-0.4, -0.2) is 43.2 Å². The van der Waals surface area contributed by atoms with Gasteiger partial charge in [0.2, 0.25) is 5.91 Å². The van der Waals surface area contributed by atoms with Gasteiger partial charge in [-0.2, -0.15) is 0 Å². The third kappa shape index (κ3) is 3.95. The summed E-state index contributed by atoms with van der Waals surface area (Å²) in [5.41, 5.74) is 6.22. The minimum atomic E-state index is -0.325. The van der Waals surface area contributed by atoms with E-state index >= 15 is 0 Å². The highest BCUT2D eigenvalue weighted by Gasteiger charge is 2.31. The monoisotopic (exact) mass is 282 g/mol. The number of carbonyl (C=O) groups is 1. The Morgan fingerprint density at radius 2 is 1.80 bits per heavy atom. The van der Waals surface area contributed by atoms with E-state index in [9.17, 15) is 4.79 Å². The Hall–Kier alpha value is -0.610. The van der Waals surface area contributed by atoms with Gasteiger partial charge in [-0.05, 0) is 49.9 Å². The average molecular weight is 282 g/mol. The van der Waals surface area contributed by atoms with Crippen molar-refractivity contribution in [3.63, 3.8) is 0 Å². The van der Waals surface area contributed by atoms with Crippen LogP contribution in [0.3, 0.4) is 0 Å². The Balaban J connectivity index is 1.88. The summed E-state index contributed by atoms with van der Waals surface area (Å²) in [5.74, 6) is 1.95. The predicted molar refractivity (Wildman–Crippen MR) is 80.3 cm³/mol. The molecule has 0 aromatic heterocycles. The highest BCUT2D eigenvalue weighted by Crippen LogP contribution is 2.26. The normalized spacial score (nSPS) is 27.4. The van der Waals surface area contributed by atoms with E-state index in [4.69, 9.17) is 10.5 Å². The molecule has 0 spiro atoms. The van der Waals surface area contributed by atoms with E-state index in [2.05, 4.69) is 13.8 Å². The maximum absolute atomic E-state index is 12.6. The number of ether oxygens (including phenoxy) is 1. The molecule has 2 N–H and O–H groups in total. The number of rotatable bonds is 3. The summed E-state index contributed by atoms with van der Waals surface area (Å²) in [6.45, 7) is 7.85. The molecule has 20 heavy (non-hydrogen) atoms. The number of nitrogens with zero attached hydrogens (tertiary/aromatic N) is 1. The molecule has 4 nitrogen and oxygen atoms in total. The van der Waals surface area contributed by atoms with Crippen molar-refractivity contribution in [1.29, 1.82) is 0 Å². The maximum Gasteiger partial charge on any atom is 0.239 e. The summed E-state index contributed by atoms with van der Waals surface area (Å²) in [4.78, 5) is 14.6. The number of hydrogen-bond acceptors (Lipinski definition) is 3. The first-order chi connectivity index (χ1) is 9.59. The fraction of sp³-hybridized carbons (Fsp3) is 0.938. The zero-order valence-corrected chi connectivity index (χ0v) is 13.0. The molecule has 4 heteroatoms. The van der Waals surface area contributed by atoms with E-state index in [1.54, 1.807) is 0 Å². The molecule has 0 aromatic rings. The first-order valence-corrected chi connectivity index (χ1v) is 8.21. The van der Waals surface area contributed by atoms with Gasteiger partial charge in [0.1, 0.15) is 0 Å². The van der Waals surface area contributed by atoms with Crippen LogP contribution in [0.4, 0.5) is 0 Å². The molecule has 2 atom stereocenters. The van der Waals surface area contributed by atoms with Crippen LogP contribution in [0, 0.1) is 17.8 Å². The molecule has 0 bridgehead atoms. The summed E-state index contributed by atoms with van der Waals surface area (Å²) in [6, 6.07) is -0.325. The molecule has 0 saturated carbocycles. The van der Waals surface area contributed by atoms with Gasteiger partial charge in [-0.25, -0.2) is 0 Å². The van der Waals surface area contributed by atoms with Crippen LogP contribution in [0.5, 0.6) is 0 Å². The van der Waals surface area contributed by atoms with Crippen molar-refractivity contribution in [2.75, 3.05) is 26.3 Å². The summed E-state index contributed by atoms with van der Waals surface area (Å²) >= 11 is 0. The van der Waals surface area contributed by atoms with E-state index in [1.165, 1.54) is 6.42 Å². The molecule has 0 aromatic carbocycles. The minimum Gasteiger partial charge on any atom is -0.381 e. The number of likely N-dealkylation sites (tertiary alicyclic amines) is 1. The third-order valence-corrected chi connectivity index (χ3v) is 5.09. The molecule has 2 aliphatic rings. The maximum atomic E-state index is 12.6. The van der Waals surface area contributed by atoms with Crippen LogP contribution in [0.2, 0.25) is 0 Å². The van der Waals surface area contributed by atoms with E-state index in [1.807, 2.05) is 4.90 Å². The predicted octanol–water partition coefficient (Wildman–Crippen LogP) is 2.02. The van der Waals surface area contributed by atoms with Crippen LogP contribution in [0.25, 0.3) is 0 Å². The van der Waals surface area contributed by atoms with Gasteiger partial charge in [-0.15, -0.1) is 0 Å². The second-order valence-electron chi connectivity index (χ2n) is 6.74. The van der Waals surface area contributed by atoms with Gasteiger partial charge in [-0.3, -0.25) is 4.79 Å². The lowest BCUT2D eigenvalue weighted by molar-refractivity contribution is -0.134. The largest absolute Gasteiger partial charge is 0.381 e. The van der Waals surface area contributed by atoms with Crippen molar-refractivity contribution in [3.05, 3.63) is 0 Å². The Labute approximate surface area is 123 Å². The quantitative estimate of drug-likeness (QED) is 0.861. The highest BCUT2D eigenvalue weighted by molar-refractivity contribution is 5.82. The second kappa shape index (κ2) is 7.41. The zero-order valence-electron chi connectivity index (χ0n) is 13.0. The van der Waals surface area contributed by atoms with Gasteiger partial charge in [0.25, 0.3) is 0 Å². The Kier molecular flexibility index (Phi) is 5.85. The van der Waals surface area contributed by atoms with Gasteiger partial charge in [0.15, 0.2) is 0 Å². The lowest BCUT2D eigenvalue weighted by Gasteiger charge is -2.31. The summed E-state index contributed by atoms with van der Waals surface area (Å²) in [5, 5.41) is 0. The number of nitrogens with two attached hydrogens (primary N) is 1. The van der Waals surface area contributed by atoms with Crippen molar-refractivity contribution in [2.45, 2.75) is 52.0 Å². The van der Waals surface area contributed by atoms with E-state index in [0.29, 0.717) is 11.8 Å².